The number of hydrogen-bond donors (Lipinski definition) is 0. The van der Waals surface area contributed by atoms with Crippen molar-refractivity contribution < 1.29 is 18.7 Å². The van der Waals surface area contributed by atoms with Crippen molar-refractivity contribution in [1.29, 1.82) is 0 Å². The zero-order valence-corrected chi connectivity index (χ0v) is 18.7. The minimum atomic E-state index is -0.0311. The largest absolute Gasteiger partial charge is 0.467 e. The van der Waals surface area contributed by atoms with Crippen molar-refractivity contribution in [3.8, 4) is 0 Å². The molecule has 3 rings (SSSR count). The van der Waals surface area contributed by atoms with E-state index in [1.165, 1.54) is 25.7 Å². The summed E-state index contributed by atoms with van der Waals surface area (Å²) in [5, 5.41) is 0. The molecular weight excluding hydrogens is 380 g/mol. The second-order valence-corrected chi connectivity index (χ2v) is 8.96. The van der Waals surface area contributed by atoms with Gasteiger partial charge in [0.25, 0.3) is 0 Å². The molecule has 0 N–H and O–H groups in total. The van der Waals surface area contributed by atoms with Crippen LogP contribution >= 0.6 is 0 Å². The first-order chi connectivity index (χ1) is 14.6. The zero-order chi connectivity index (χ0) is 21.3. The quantitative estimate of drug-likeness (QED) is 0.535. The van der Waals surface area contributed by atoms with Crippen LogP contribution in [0.2, 0.25) is 0 Å². The van der Waals surface area contributed by atoms with Gasteiger partial charge in [-0.25, -0.2) is 0 Å². The topological polar surface area (TPSA) is 63.0 Å². The lowest BCUT2D eigenvalue weighted by atomic mass is 10.0. The molecule has 1 saturated heterocycles. The van der Waals surface area contributed by atoms with Crippen molar-refractivity contribution in [3.63, 3.8) is 0 Å². The third kappa shape index (κ3) is 6.59. The van der Waals surface area contributed by atoms with Crippen molar-refractivity contribution in [2.75, 3.05) is 19.7 Å². The smallest absolute Gasteiger partial charge is 0.242 e. The van der Waals surface area contributed by atoms with Crippen LogP contribution < -0.4 is 0 Å². The van der Waals surface area contributed by atoms with Gasteiger partial charge in [0.15, 0.2) is 0 Å². The van der Waals surface area contributed by atoms with Gasteiger partial charge in [-0.2, -0.15) is 0 Å². The van der Waals surface area contributed by atoms with Crippen molar-refractivity contribution in [2.24, 2.45) is 5.92 Å². The molecule has 0 aromatic carbocycles. The molecular formula is C24H38N2O4. The highest BCUT2D eigenvalue weighted by atomic mass is 16.5. The van der Waals surface area contributed by atoms with Crippen LogP contribution in [0.4, 0.5) is 0 Å². The van der Waals surface area contributed by atoms with E-state index in [9.17, 15) is 9.59 Å². The van der Waals surface area contributed by atoms with Gasteiger partial charge in [0.1, 0.15) is 12.3 Å². The molecule has 1 aliphatic heterocycles. The van der Waals surface area contributed by atoms with E-state index in [1.807, 2.05) is 19.1 Å². The first-order valence-corrected chi connectivity index (χ1v) is 11.8. The molecule has 2 heterocycles. The van der Waals surface area contributed by atoms with Gasteiger partial charge in [-0.05, 0) is 50.7 Å². The second kappa shape index (κ2) is 11.5. The number of ether oxygens (including phenoxy) is 1. The number of rotatable bonds is 11. The molecule has 1 aromatic heterocycles. The molecule has 0 spiro atoms. The van der Waals surface area contributed by atoms with E-state index >= 15 is 0 Å². The monoisotopic (exact) mass is 418 g/mol. The molecule has 168 valence electrons. The molecule has 2 aliphatic rings. The summed E-state index contributed by atoms with van der Waals surface area (Å²) in [5.74, 6) is 1.51. The fourth-order valence-corrected chi connectivity index (χ4v) is 4.61. The van der Waals surface area contributed by atoms with Gasteiger partial charge in [0, 0.05) is 25.6 Å². The second-order valence-electron chi connectivity index (χ2n) is 8.96. The third-order valence-electron chi connectivity index (χ3n) is 6.72. The van der Waals surface area contributed by atoms with E-state index in [-0.39, 0.29) is 30.5 Å². The zero-order valence-electron chi connectivity index (χ0n) is 18.7. The van der Waals surface area contributed by atoms with Gasteiger partial charge < -0.3 is 19.0 Å². The molecule has 1 aromatic rings. The lowest BCUT2D eigenvalue weighted by Gasteiger charge is -2.32. The predicted octanol–water partition coefficient (Wildman–Crippen LogP) is 4.38. The van der Waals surface area contributed by atoms with Crippen molar-refractivity contribution in [3.05, 3.63) is 24.2 Å². The normalized spacial score (nSPS) is 20.4. The Bertz CT molecular complexity index is 648. The van der Waals surface area contributed by atoms with Crippen molar-refractivity contribution >= 4 is 11.8 Å². The minimum Gasteiger partial charge on any atom is -0.467 e. The number of carbonyl (C=O) groups is 2. The number of furan rings is 1. The minimum absolute atomic E-state index is 0.0311. The predicted molar refractivity (Wildman–Crippen MR) is 116 cm³/mol. The van der Waals surface area contributed by atoms with Gasteiger partial charge >= 0.3 is 0 Å². The average molecular weight is 419 g/mol. The van der Waals surface area contributed by atoms with Gasteiger partial charge in [-0.1, -0.05) is 32.6 Å². The summed E-state index contributed by atoms with van der Waals surface area (Å²) >= 11 is 0. The maximum Gasteiger partial charge on any atom is 0.242 e. The van der Waals surface area contributed by atoms with Gasteiger partial charge in [0.05, 0.1) is 18.9 Å². The van der Waals surface area contributed by atoms with Crippen molar-refractivity contribution in [1.82, 2.24) is 9.80 Å². The number of nitrogens with zero attached hydrogens (tertiary/aromatic N) is 2. The van der Waals surface area contributed by atoms with Crippen LogP contribution in [-0.2, 0) is 20.9 Å². The fraction of sp³-hybridized carbons (Fsp3) is 0.750. The summed E-state index contributed by atoms with van der Waals surface area (Å²) in [5.41, 5.74) is 0. The molecule has 2 amide bonds. The fourth-order valence-electron chi connectivity index (χ4n) is 4.61. The Balaban J connectivity index is 1.62. The Hall–Kier alpha value is -1.82. The van der Waals surface area contributed by atoms with E-state index in [2.05, 4.69) is 6.92 Å². The van der Waals surface area contributed by atoms with E-state index in [1.54, 1.807) is 16.1 Å². The summed E-state index contributed by atoms with van der Waals surface area (Å²) < 4.78 is 11.2. The van der Waals surface area contributed by atoms with Crippen LogP contribution in [0.25, 0.3) is 0 Å². The Kier molecular flexibility index (Phi) is 8.79. The van der Waals surface area contributed by atoms with E-state index in [0.717, 1.165) is 38.1 Å². The molecule has 2 fully saturated rings. The first-order valence-electron chi connectivity index (χ1n) is 11.8. The lowest BCUT2D eigenvalue weighted by Crippen LogP contribution is -2.47. The third-order valence-corrected chi connectivity index (χ3v) is 6.72. The standard InChI is InChI=1S/C24H38N2O4/c1-3-19(2)26(23(27)13-12-20-8-4-5-9-20)18-24(28)25(16-21-10-6-14-29-21)17-22-11-7-15-30-22/h6,10,14,19-20,22H,3-5,7-9,11-13,15-18H2,1-2H3/t19-,22-/m1/s1. The molecule has 0 bridgehead atoms. The maximum atomic E-state index is 13.3. The SMILES string of the molecule is CC[C@@H](C)N(CC(=O)N(Cc1ccco1)C[C@H]1CCCO1)C(=O)CCC1CCCC1. The Morgan fingerprint density at radius 3 is 2.60 bits per heavy atom. The van der Waals surface area contributed by atoms with Gasteiger partial charge in [-0.15, -0.1) is 0 Å². The highest BCUT2D eigenvalue weighted by molar-refractivity contribution is 5.85. The number of carbonyl (C=O) groups excluding carboxylic acids is 2. The molecule has 1 aliphatic carbocycles. The lowest BCUT2D eigenvalue weighted by molar-refractivity contribution is -0.143. The van der Waals surface area contributed by atoms with Crippen LogP contribution in [0.5, 0.6) is 0 Å². The van der Waals surface area contributed by atoms with E-state index < -0.39 is 0 Å². The molecule has 0 unspecified atom stereocenters. The average Bonchev–Trinajstić information content (AvgIpc) is 3.52. The summed E-state index contributed by atoms with van der Waals surface area (Å²) in [7, 11) is 0. The van der Waals surface area contributed by atoms with Gasteiger partial charge in [-0.3, -0.25) is 9.59 Å². The summed E-state index contributed by atoms with van der Waals surface area (Å²) in [6, 6.07) is 3.77. The molecule has 6 nitrogen and oxygen atoms in total. The molecule has 1 saturated carbocycles. The van der Waals surface area contributed by atoms with Gasteiger partial charge in [0.2, 0.25) is 11.8 Å². The molecule has 6 heteroatoms. The van der Waals surface area contributed by atoms with Crippen LogP contribution in [0.3, 0.4) is 0 Å². The first kappa shape index (κ1) is 22.9. The Labute approximate surface area is 180 Å². The van der Waals surface area contributed by atoms with E-state index in [4.69, 9.17) is 9.15 Å². The molecule has 2 atom stereocenters. The summed E-state index contributed by atoms with van der Waals surface area (Å²) in [4.78, 5) is 29.9. The highest BCUT2D eigenvalue weighted by Crippen LogP contribution is 2.29. The Morgan fingerprint density at radius 1 is 1.17 bits per heavy atom. The van der Waals surface area contributed by atoms with Crippen LogP contribution in [-0.4, -0.2) is 53.5 Å². The van der Waals surface area contributed by atoms with Crippen LogP contribution in [0.1, 0.15) is 77.4 Å². The molecule has 0 radical (unpaired) electrons. The summed E-state index contributed by atoms with van der Waals surface area (Å²) in [6.07, 6.45) is 11.1. The Morgan fingerprint density at radius 2 is 1.97 bits per heavy atom. The van der Waals surface area contributed by atoms with Crippen LogP contribution in [0, 0.1) is 5.92 Å². The number of amides is 2. The maximum absolute atomic E-state index is 13.3. The van der Waals surface area contributed by atoms with Crippen molar-refractivity contribution in [2.45, 2.75) is 90.3 Å². The number of hydrogen-bond acceptors (Lipinski definition) is 4. The molecule has 30 heavy (non-hydrogen) atoms. The van der Waals surface area contributed by atoms with Crippen LogP contribution in [0.15, 0.2) is 22.8 Å². The van der Waals surface area contributed by atoms with E-state index in [0.29, 0.717) is 25.4 Å². The highest BCUT2D eigenvalue weighted by Gasteiger charge is 2.28. The summed E-state index contributed by atoms with van der Waals surface area (Å²) in [6.45, 7) is 5.95.